The summed E-state index contributed by atoms with van der Waals surface area (Å²) < 4.78 is 0. The fourth-order valence-electron chi connectivity index (χ4n) is 3.02. The molecule has 1 aliphatic rings. The first kappa shape index (κ1) is 16.0. The third-order valence-electron chi connectivity index (χ3n) is 4.31. The van der Waals surface area contributed by atoms with Gasteiger partial charge >= 0.3 is 0 Å². The highest BCUT2D eigenvalue weighted by molar-refractivity contribution is 4.72. The lowest BCUT2D eigenvalue weighted by Crippen LogP contribution is -2.32. The Balaban J connectivity index is 1.96. The Morgan fingerprint density at radius 2 is 1.61 bits per heavy atom. The van der Waals surface area contributed by atoms with Gasteiger partial charge in [-0.1, -0.05) is 45.4 Å². The smallest absolute Gasteiger partial charge is 0.00922 e. The van der Waals surface area contributed by atoms with Crippen molar-refractivity contribution in [3.63, 3.8) is 0 Å². The van der Waals surface area contributed by atoms with Gasteiger partial charge in [-0.3, -0.25) is 0 Å². The van der Waals surface area contributed by atoms with E-state index in [4.69, 9.17) is 0 Å². The van der Waals surface area contributed by atoms with Crippen LogP contribution in [0.2, 0.25) is 0 Å². The highest BCUT2D eigenvalue weighted by Gasteiger charge is 2.15. The number of unbranched alkanes of at least 4 members (excludes halogenated alkanes) is 3. The molecule has 1 fully saturated rings. The Morgan fingerprint density at radius 3 is 2.28 bits per heavy atom. The van der Waals surface area contributed by atoms with E-state index in [9.17, 15) is 0 Å². The molecule has 108 valence electrons. The average Bonchev–Trinajstić information content (AvgIpc) is 2.66. The van der Waals surface area contributed by atoms with E-state index >= 15 is 0 Å². The number of rotatable bonds is 9. The van der Waals surface area contributed by atoms with Crippen LogP contribution < -0.4 is 5.32 Å². The summed E-state index contributed by atoms with van der Waals surface area (Å²) in [4.78, 5) is 2.63. The minimum absolute atomic E-state index is 0.884. The maximum absolute atomic E-state index is 3.40. The highest BCUT2D eigenvalue weighted by Crippen LogP contribution is 2.21. The largest absolute Gasteiger partial charge is 0.317 e. The summed E-state index contributed by atoms with van der Waals surface area (Å²) in [7, 11) is 2.34. The minimum Gasteiger partial charge on any atom is -0.317 e. The molecule has 0 unspecified atom stereocenters. The van der Waals surface area contributed by atoms with Crippen molar-refractivity contribution in [2.75, 3.05) is 26.7 Å². The monoisotopic (exact) mass is 254 g/mol. The first-order chi connectivity index (χ1) is 8.84. The topological polar surface area (TPSA) is 15.3 Å². The summed E-state index contributed by atoms with van der Waals surface area (Å²) in [6, 6.07) is 0.884. The van der Waals surface area contributed by atoms with E-state index in [1.807, 2.05) is 0 Å². The molecule has 2 heteroatoms. The van der Waals surface area contributed by atoms with Gasteiger partial charge in [0, 0.05) is 6.04 Å². The van der Waals surface area contributed by atoms with E-state index in [2.05, 4.69) is 24.2 Å². The normalized spacial score (nSPS) is 18.2. The zero-order chi connectivity index (χ0) is 13.1. The van der Waals surface area contributed by atoms with Crippen molar-refractivity contribution in [2.24, 2.45) is 0 Å². The van der Waals surface area contributed by atoms with Gasteiger partial charge in [-0.25, -0.2) is 0 Å². The van der Waals surface area contributed by atoms with Crippen molar-refractivity contribution in [3.8, 4) is 0 Å². The maximum atomic E-state index is 3.40. The first-order valence-corrected chi connectivity index (χ1v) is 8.25. The summed E-state index contributed by atoms with van der Waals surface area (Å²) in [6.45, 7) is 5.81. The van der Waals surface area contributed by atoms with Crippen LogP contribution in [0.15, 0.2) is 0 Å². The predicted octanol–water partition coefficient (Wildman–Crippen LogP) is 3.81. The molecule has 0 aromatic heterocycles. The molecule has 0 bridgehead atoms. The number of hydrogen-bond acceptors (Lipinski definition) is 2. The molecule has 0 aromatic rings. The third-order valence-corrected chi connectivity index (χ3v) is 4.31. The molecular formula is C16H34N2. The number of nitrogens with zero attached hydrogens (tertiary/aromatic N) is 1. The van der Waals surface area contributed by atoms with E-state index in [0.717, 1.165) is 12.6 Å². The Labute approximate surface area is 115 Å². The van der Waals surface area contributed by atoms with Gasteiger partial charge in [0.2, 0.25) is 0 Å². The minimum atomic E-state index is 0.884. The van der Waals surface area contributed by atoms with Crippen LogP contribution in [0.4, 0.5) is 0 Å². The summed E-state index contributed by atoms with van der Waals surface area (Å²) >= 11 is 0. The maximum Gasteiger partial charge on any atom is 0.00922 e. The van der Waals surface area contributed by atoms with Gasteiger partial charge in [-0.15, -0.1) is 0 Å². The van der Waals surface area contributed by atoms with Gasteiger partial charge in [0.1, 0.15) is 0 Å². The zero-order valence-corrected chi connectivity index (χ0v) is 12.7. The molecule has 1 aliphatic carbocycles. The lowest BCUT2D eigenvalue weighted by atomic mass is 10.1. The molecule has 0 spiro atoms. The van der Waals surface area contributed by atoms with Crippen molar-refractivity contribution in [3.05, 3.63) is 0 Å². The fraction of sp³-hybridized carbons (Fsp3) is 1.00. The molecular weight excluding hydrogens is 220 g/mol. The van der Waals surface area contributed by atoms with Crippen molar-refractivity contribution in [2.45, 2.75) is 77.2 Å². The van der Waals surface area contributed by atoms with Crippen LogP contribution in [0.5, 0.6) is 0 Å². The van der Waals surface area contributed by atoms with Crippen molar-refractivity contribution in [1.29, 1.82) is 0 Å². The van der Waals surface area contributed by atoms with Crippen LogP contribution in [0, 0.1) is 0 Å². The molecule has 1 rings (SSSR count). The fourth-order valence-corrected chi connectivity index (χ4v) is 3.02. The third kappa shape index (κ3) is 7.38. The zero-order valence-electron chi connectivity index (χ0n) is 12.7. The van der Waals surface area contributed by atoms with E-state index in [1.165, 1.54) is 77.3 Å². The van der Waals surface area contributed by atoms with Gasteiger partial charge in [-0.2, -0.15) is 0 Å². The van der Waals surface area contributed by atoms with Gasteiger partial charge in [0.05, 0.1) is 0 Å². The van der Waals surface area contributed by atoms with Crippen molar-refractivity contribution in [1.82, 2.24) is 10.2 Å². The summed E-state index contributed by atoms with van der Waals surface area (Å²) in [5, 5.41) is 3.40. The van der Waals surface area contributed by atoms with Crippen LogP contribution >= 0.6 is 0 Å². The summed E-state index contributed by atoms with van der Waals surface area (Å²) in [6.07, 6.45) is 14.3. The predicted molar refractivity (Wildman–Crippen MR) is 81.1 cm³/mol. The standard InChI is InChI=1S/C16H34N2/c1-3-17-14-10-6-7-11-15-18(2)16-12-8-4-5-9-13-16/h16-17H,3-15H2,1-2H3. The molecule has 0 amide bonds. The van der Waals surface area contributed by atoms with E-state index in [1.54, 1.807) is 0 Å². The Bertz CT molecular complexity index is 174. The Morgan fingerprint density at radius 1 is 0.944 bits per heavy atom. The van der Waals surface area contributed by atoms with E-state index in [0.29, 0.717) is 0 Å². The SMILES string of the molecule is CCNCCCCCCN(C)C1CCCCCC1. The first-order valence-electron chi connectivity index (χ1n) is 8.25. The quantitative estimate of drug-likeness (QED) is 0.497. The molecule has 2 nitrogen and oxygen atoms in total. The molecule has 0 heterocycles. The number of hydrogen-bond donors (Lipinski definition) is 1. The molecule has 1 N–H and O–H groups in total. The molecule has 0 aromatic carbocycles. The summed E-state index contributed by atoms with van der Waals surface area (Å²) in [5.41, 5.74) is 0. The second-order valence-electron chi connectivity index (χ2n) is 5.89. The lowest BCUT2D eigenvalue weighted by Gasteiger charge is -2.27. The van der Waals surface area contributed by atoms with Gasteiger partial charge in [0.25, 0.3) is 0 Å². The Hall–Kier alpha value is -0.0800. The molecule has 0 radical (unpaired) electrons. The van der Waals surface area contributed by atoms with Gasteiger partial charge < -0.3 is 10.2 Å². The highest BCUT2D eigenvalue weighted by atomic mass is 15.1. The lowest BCUT2D eigenvalue weighted by molar-refractivity contribution is 0.216. The molecule has 1 saturated carbocycles. The van der Waals surface area contributed by atoms with E-state index < -0.39 is 0 Å². The van der Waals surface area contributed by atoms with Crippen LogP contribution in [-0.2, 0) is 0 Å². The second kappa shape index (κ2) is 10.8. The summed E-state index contributed by atoms with van der Waals surface area (Å²) in [5.74, 6) is 0. The van der Waals surface area contributed by atoms with Crippen LogP contribution in [0.1, 0.15) is 71.1 Å². The van der Waals surface area contributed by atoms with Crippen LogP contribution in [-0.4, -0.2) is 37.6 Å². The number of nitrogens with one attached hydrogen (secondary N) is 1. The molecule has 0 aliphatic heterocycles. The average molecular weight is 254 g/mol. The second-order valence-corrected chi connectivity index (χ2v) is 5.89. The van der Waals surface area contributed by atoms with Crippen LogP contribution in [0.3, 0.4) is 0 Å². The molecule has 0 atom stereocenters. The van der Waals surface area contributed by atoms with Crippen molar-refractivity contribution < 1.29 is 0 Å². The molecule has 0 saturated heterocycles. The Kier molecular flexibility index (Phi) is 9.59. The van der Waals surface area contributed by atoms with Gasteiger partial charge in [0.15, 0.2) is 0 Å². The van der Waals surface area contributed by atoms with Gasteiger partial charge in [-0.05, 0) is 52.4 Å². The van der Waals surface area contributed by atoms with Crippen LogP contribution in [0.25, 0.3) is 0 Å². The molecule has 18 heavy (non-hydrogen) atoms. The van der Waals surface area contributed by atoms with Crippen molar-refractivity contribution >= 4 is 0 Å². The van der Waals surface area contributed by atoms with E-state index in [-0.39, 0.29) is 0 Å².